The molecule has 0 saturated carbocycles. The standard InChI is InChI=1S/C67H68ClN3OS/c1-43-38-57(70(50-35-28-46(29-36-50)66(8,9)10)59-42-73-61-37-30-47(40-55(59)61)67(11,12)13)62(68)58(39-43)71(56-22-17-21-54-53-20-14-15-23-60(53)72-63(54)56)52-19-16-18-51(41-52)69(48-31-24-44(25-32-48)64(2,3)4)49-33-26-45(27-34-49)65(5,6)7/h14-42H,1-13H3. The number of hydrogen-bond acceptors (Lipinski definition) is 5. The number of anilines is 9. The van der Waals surface area contributed by atoms with Gasteiger partial charge in [-0.05, 0) is 147 Å². The van der Waals surface area contributed by atoms with E-state index in [0.29, 0.717) is 5.02 Å². The van der Waals surface area contributed by atoms with Crippen LogP contribution in [-0.4, -0.2) is 0 Å². The van der Waals surface area contributed by atoms with E-state index in [1.807, 2.05) is 6.07 Å². The Labute approximate surface area is 442 Å². The van der Waals surface area contributed by atoms with Crippen molar-refractivity contribution in [3.63, 3.8) is 0 Å². The van der Waals surface area contributed by atoms with Crippen LogP contribution < -0.4 is 14.7 Å². The van der Waals surface area contributed by atoms with E-state index in [-0.39, 0.29) is 21.7 Å². The summed E-state index contributed by atoms with van der Waals surface area (Å²) in [6, 6.07) is 62.1. The minimum absolute atomic E-state index is 0.0117. The highest BCUT2D eigenvalue weighted by Crippen LogP contribution is 2.52. The largest absolute Gasteiger partial charge is 0.454 e. The second-order valence-corrected chi connectivity index (χ2v) is 25.2. The Bertz CT molecular complexity index is 3570. The highest BCUT2D eigenvalue weighted by atomic mass is 35.5. The molecule has 2 aromatic heterocycles. The van der Waals surface area contributed by atoms with Crippen LogP contribution in [0, 0.1) is 6.92 Å². The lowest BCUT2D eigenvalue weighted by molar-refractivity contribution is 0.590. The maximum absolute atomic E-state index is 8.20. The Morgan fingerprint density at radius 2 is 0.836 bits per heavy atom. The summed E-state index contributed by atoms with van der Waals surface area (Å²) in [7, 11) is 0. The topological polar surface area (TPSA) is 22.9 Å². The maximum Gasteiger partial charge on any atom is 0.159 e. The number of fused-ring (bicyclic) bond motifs is 4. The van der Waals surface area contributed by atoms with Gasteiger partial charge < -0.3 is 19.1 Å². The normalized spacial score (nSPS) is 12.5. The number of benzene rings is 8. The van der Waals surface area contributed by atoms with Gasteiger partial charge in [0.15, 0.2) is 5.58 Å². The molecule has 0 bridgehead atoms. The number of para-hydroxylation sites is 2. The zero-order valence-corrected chi connectivity index (χ0v) is 46.4. The summed E-state index contributed by atoms with van der Waals surface area (Å²) in [4.78, 5) is 7.04. The monoisotopic (exact) mass is 997 g/mol. The van der Waals surface area contributed by atoms with Gasteiger partial charge >= 0.3 is 0 Å². The predicted octanol–water partition coefficient (Wildman–Crippen LogP) is 21.4. The van der Waals surface area contributed by atoms with E-state index in [0.717, 1.165) is 78.7 Å². The third-order valence-electron chi connectivity index (χ3n) is 14.3. The van der Waals surface area contributed by atoms with Crippen LogP contribution in [0.25, 0.3) is 32.0 Å². The second-order valence-electron chi connectivity index (χ2n) is 23.9. The summed E-state index contributed by atoms with van der Waals surface area (Å²) >= 11 is 9.97. The Morgan fingerprint density at radius 1 is 0.384 bits per heavy atom. The molecule has 0 fully saturated rings. The minimum atomic E-state index is -0.0330. The third kappa shape index (κ3) is 9.66. The van der Waals surface area contributed by atoms with E-state index in [1.165, 1.54) is 32.3 Å². The Kier molecular flexibility index (Phi) is 12.7. The van der Waals surface area contributed by atoms with Crippen LogP contribution in [0.4, 0.5) is 51.2 Å². The summed E-state index contributed by atoms with van der Waals surface area (Å²) in [5.74, 6) is 0. The molecule has 0 atom stereocenters. The lowest BCUT2D eigenvalue weighted by Crippen LogP contribution is -2.17. The molecule has 0 N–H and O–H groups in total. The molecule has 10 rings (SSSR count). The number of nitrogens with zero attached hydrogens (tertiary/aromatic N) is 3. The second kappa shape index (κ2) is 18.6. The van der Waals surface area contributed by atoms with Crippen molar-refractivity contribution in [3.05, 3.63) is 208 Å². The van der Waals surface area contributed by atoms with Crippen molar-refractivity contribution in [1.82, 2.24) is 0 Å². The fraction of sp³-hybridized carbons (Fsp3) is 0.254. The smallest absolute Gasteiger partial charge is 0.159 e. The number of hydrogen-bond donors (Lipinski definition) is 0. The molecule has 10 aromatic rings. The zero-order valence-electron chi connectivity index (χ0n) is 44.8. The molecule has 8 aromatic carbocycles. The van der Waals surface area contributed by atoms with Crippen LogP contribution in [-0.2, 0) is 21.7 Å². The molecule has 0 spiro atoms. The lowest BCUT2D eigenvalue weighted by Gasteiger charge is -2.33. The summed E-state index contributed by atoms with van der Waals surface area (Å²) in [6.45, 7) is 29.4. The van der Waals surface area contributed by atoms with Gasteiger partial charge in [-0.15, -0.1) is 11.3 Å². The van der Waals surface area contributed by atoms with Crippen molar-refractivity contribution >= 4 is 106 Å². The van der Waals surface area contributed by atoms with E-state index in [1.54, 1.807) is 11.3 Å². The maximum atomic E-state index is 8.20. The van der Waals surface area contributed by atoms with Crippen LogP contribution in [0.5, 0.6) is 0 Å². The number of aryl methyl sites for hydroxylation is 1. The van der Waals surface area contributed by atoms with Crippen LogP contribution >= 0.6 is 22.9 Å². The number of thiophene rings is 1. The zero-order chi connectivity index (χ0) is 51.8. The summed E-state index contributed by atoms with van der Waals surface area (Å²) < 4.78 is 8.12. The number of furan rings is 1. The summed E-state index contributed by atoms with van der Waals surface area (Å²) in [5.41, 5.74) is 16.6. The highest BCUT2D eigenvalue weighted by molar-refractivity contribution is 7.17. The molecule has 0 aliphatic rings. The fourth-order valence-electron chi connectivity index (χ4n) is 9.99. The first kappa shape index (κ1) is 49.8. The Morgan fingerprint density at radius 3 is 1.37 bits per heavy atom. The van der Waals surface area contributed by atoms with Crippen molar-refractivity contribution in [2.75, 3.05) is 14.7 Å². The van der Waals surface area contributed by atoms with Gasteiger partial charge in [-0.3, -0.25) is 0 Å². The van der Waals surface area contributed by atoms with Crippen molar-refractivity contribution in [1.29, 1.82) is 0 Å². The van der Waals surface area contributed by atoms with Crippen LogP contribution in [0.15, 0.2) is 180 Å². The molecule has 370 valence electrons. The van der Waals surface area contributed by atoms with Crippen LogP contribution in [0.2, 0.25) is 5.02 Å². The first-order chi connectivity index (χ1) is 34.5. The lowest BCUT2D eigenvalue weighted by atomic mass is 9.86. The average molecular weight is 999 g/mol. The van der Waals surface area contributed by atoms with Gasteiger partial charge in [0.05, 0.1) is 27.8 Å². The third-order valence-corrected chi connectivity index (χ3v) is 15.6. The molecular weight excluding hydrogens is 930 g/mol. The molecule has 0 saturated heterocycles. The summed E-state index contributed by atoms with van der Waals surface area (Å²) in [5, 5.41) is 6.20. The van der Waals surface area contributed by atoms with Crippen molar-refractivity contribution in [3.8, 4) is 0 Å². The van der Waals surface area contributed by atoms with E-state index in [9.17, 15) is 0 Å². The van der Waals surface area contributed by atoms with Gasteiger partial charge in [-0.2, -0.15) is 0 Å². The van der Waals surface area contributed by atoms with Crippen LogP contribution in [0.1, 0.15) is 111 Å². The minimum Gasteiger partial charge on any atom is -0.454 e. The molecule has 0 radical (unpaired) electrons. The number of halogens is 1. The molecule has 0 aliphatic heterocycles. The van der Waals surface area contributed by atoms with E-state index < -0.39 is 0 Å². The molecule has 73 heavy (non-hydrogen) atoms. The average Bonchev–Trinajstić information content (AvgIpc) is 3.95. The SMILES string of the molecule is Cc1cc(N(c2ccc(C(C)(C)C)cc2)c2csc3ccc(C(C)(C)C)cc23)c(Cl)c(N(c2cccc(N(c3ccc(C(C)(C)C)cc3)c3ccc(C(C)(C)C)cc3)c2)c2cccc3c2oc2ccccc23)c1. The van der Waals surface area contributed by atoms with Crippen molar-refractivity contribution in [2.45, 2.75) is 112 Å². The predicted molar refractivity (Wildman–Crippen MR) is 318 cm³/mol. The summed E-state index contributed by atoms with van der Waals surface area (Å²) in [6.07, 6.45) is 0. The van der Waals surface area contributed by atoms with E-state index in [4.69, 9.17) is 16.0 Å². The number of rotatable bonds is 9. The first-order valence-corrected chi connectivity index (χ1v) is 26.8. The van der Waals surface area contributed by atoms with Crippen molar-refractivity contribution in [2.24, 2.45) is 0 Å². The Balaban J connectivity index is 1.22. The van der Waals surface area contributed by atoms with Crippen LogP contribution in [0.3, 0.4) is 0 Å². The van der Waals surface area contributed by atoms with Gasteiger partial charge in [0.1, 0.15) is 5.58 Å². The molecule has 0 unspecified atom stereocenters. The van der Waals surface area contributed by atoms with E-state index >= 15 is 0 Å². The van der Waals surface area contributed by atoms with Gasteiger partial charge in [-0.25, -0.2) is 0 Å². The molecule has 6 heteroatoms. The molecule has 4 nitrogen and oxygen atoms in total. The molecule has 2 heterocycles. The Hall–Kier alpha value is -6.79. The fourth-order valence-corrected chi connectivity index (χ4v) is 11.2. The van der Waals surface area contributed by atoms with E-state index in [2.05, 4.69) is 274 Å². The quantitative estimate of drug-likeness (QED) is 0.144. The molecular formula is C67H68ClN3OS. The van der Waals surface area contributed by atoms with Gasteiger partial charge in [-0.1, -0.05) is 174 Å². The van der Waals surface area contributed by atoms with Gasteiger partial charge in [0.2, 0.25) is 0 Å². The van der Waals surface area contributed by atoms with Crippen molar-refractivity contribution < 1.29 is 4.42 Å². The molecule has 0 aliphatic carbocycles. The van der Waals surface area contributed by atoms with Gasteiger partial charge in [0, 0.05) is 54.7 Å². The highest BCUT2D eigenvalue weighted by Gasteiger charge is 2.29. The first-order valence-electron chi connectivity index (χ1n) is 25.6. The van der Waals surface area contributed by atoms with Gasteiger partial charge in [0.25, 0.3) is 0 Å². The molecule has 0 amide bonds.